The SMILES string of the molecule is O=C1CC2(CCN(C(=O)Cn3cc4cc(N5CC=CC=C5C(F)(F)F)ccc4n3)CC2)CN1. The standard InChI is InChI=1S/C23H24F3N5O2/c24-23(25,26)19-3-1-2-8-31(19)17-4-5-18-16(11-17)13-30(28-18)14-21(33)29-9-6-22(7-10-29)12-20(32)27-15-22/h1-5,11,13H,6-10,12,14-15H2,(H,27,32). The highest BCUT2D eigenvalue weighted by atomic mass is 19.4. The summed E-state index contributed by atoms with van der Waals surface area (Å²) in [5.74, 6) is 0.0226. The number of hydrogen-bond acceptors (Lipinski definition) is 4. The number of hydrogen-bond donors (Lipinski definition) is 1. The molecule has 174 valence electrons. The van der Waals surface area contributed by atoms with E-state index in [1.807, 2.05) is 0 Å². The maximum absolute atomic E-state index is 13.4. The summed E-state index contributed by atoms with van der Waals surface area (Å²) in [6.07, 6.45) is 3.50. The summed E-state index contributed by atoms with van der Waals surface area (Å²) in [5, 5.41) is 7.99. The number of aromatic nitrogens is 2. The molecule has 1 aromatic heterocycles. The zero-order valence-electron chi connectivity index (χ0n) is 17.9. The van der Waals surface area contributed by atoms with Crippen LogP contribution in [0.2, 0.25) is 0 Å². The minimum Gasteiger partial charge on any atom is -0.356 e. The molecule has 10 heteroatoms. The number of carbonyl (C=O) groups excluding carboxylic acids is 2. The quantitative estimate of drug-likeness (QED) is 0.766. The minimum absolute atomic E-state index is 0.0298. The molecule has 0 radical (unpaired) electrons. The smallest absolute Gasteiger partial charge is 0.356 e. The van der Waals surface area contributed by atoms with Crippen molar-refractivity contribution in [2.24, 2.45) is 5.41 Å². The largest absolute Gasteiger partial charge is 0.431 e. The Kier molecular flexibility index (Phi) is 5.18. The van der Waals surface area contributed by atoms with Crippen LogP contribution >= 0.6 is 0 Å². The van der Waals surface area contributed by atoms with Crippen LogP contribution in [0, 0.1) is 5.41 Å². The third-order valence-electron chi connectivity index (χ3n) is 6.78. The van der Waals surface area contributed by atoms with Crippen LogP contribution in [-0.4, -0.2) is 58.9 Å². The molecular formula is C23H24F3N5O2. The Hall–Kier alpha value is -3.30. The van der Waals surface area contributed by atoms with Gasteiger partial charge < -0.3 is 15.1 Å². The van der Waals surface area contributed by atoms with Gasteiger partial charge in [0, 0.05) is 49.9 Å². The topological polar surface area (TPSA) is 70.5 Å². The number of rotatable bonds is 3. The molecule has 3 aliphatic heterocycles. The first-order valence-electron chi connectivity index (χ1n) is 11.0. The highest BCUT2D eigenvalue weighted by Crippen LogP contribution is 2.38. The van der Waals surface area contributed by atoms with Crippen molar-refractivity contribution in [3.63, 3.8) is 0 Å². The lowest BCUT2D eigenvalue weighted by Crippen LogP contribution is -2.45. The van der Waals surface area contributed by atoms with Crippen molar-refractivity contribution in [1.82, 2.24) is 20.0 Å². The molecule has 1 N–H and O–H groups in total. The molecule has 4 heterocycles. The average molecular weight is 459 g/mol. The van der Waals surface area contributed by atoms with E-state index in [9.17, 15) is 22.8 Å². The summed E-state index contributed by atoms with van der Waals surface area (Å²) < 4.78 is 41.8. The van der Waals surface area contributed by atoms with Crippen molar-refractivity contribution >= 4 is 28.4 Å². The summed E-state index contributed by atoms with van der Waals surface area (Å²) in [5.41, 5.74) is 0.291. The van der Waals surface area contributed by atoms with Crippen LogP contribution < -0.4 is 10.2 Å². The lowest BCUT2D eigenvalue weighted by Gasteiger charge is -2.38. The number of allylic oxidation sites excluding steroid dienone is 3. The molecule has 0 bridgehead atoms. The van der Waals surface area contributed by atoms with Crippen LogP contribution in [0.3, 0.4) is 0 Å². The van der Waals surface area contributed by atoms with E-state index >= 15 is 0 Å². The van der Waals surface area contributed by atoms with E-state index in [0.717, 1.165) is 18.9 Å². The van der Waals surface area contributed by atoms with E-state index in [-0.39, 0.29) is 30.3 Å². The minimum atomic E-state index is -4.45. The molecular weight excluding hydrogens is 435 g/mol. The molecule has 5 rings (SSSR count). The second-order valence-corrected chi connectivity index (χ2v) is 8.99. The van der Waals surface area contributed by atoms with Gasteiger partial charge in [-0.2, -0.15) is 18.3 Å². The second kappa shape index (κ2) is 7.93. The first-order valence-corrected chi connectivity index (χ1v) is 11.0. The number of alkyl halides is 3. The number of likely N-dealkylation sites (tertiary alicyclic amines) is 1. The third kappa shape index (κ3) is 4.21. The molecule has 2 aromatic rings. The number of carbonyl (C=O) groups is 2. The lowest BCUT2D eigenvalue weighted by molar-refractivity contribution is -0.134. The number of benzene rings is 1. The van der Waals surface area contributed by atoms with Gasteiger partial charge in [0.2, 0.25) is 11.8 Å². The molecule has 7 nitrogen and oxygen atoms in total. The van der Waals surface area contributed by atoms with Gasteiger partial charge in [-0.3, -0.25) is 14.3 Å². The van der Waals surface area contributed by atoms with Crippen LogP contribution in [0.1, 0.15) is 19.3 Å². The summed E-state index contributed by atoms with van der Waals surface area (Å²) in [7, 11) is 0. The first kappa shape index (κ1) is 21.5. The Balaban J connectivity index is 1.28. The Bertz CT molecular complexity index is 1160. The summed E-state index contributed by atoms with van der Waals surface area (Å²) in [6, 6.07) is 4.95. The number of nitrogens with zero attached hydrogens (tertiary/aromatic N) is 4. The van der Waals surface area contributed by atoms with Crippen molar-refractivity contribution in [3.8, 4) is 0 Å². The number of amides is 2. The molecule has 0 atom stereocenters. The molecule has 0 saturated carbocycles. The summed E-state index contributed by atoms with van der Waals surface area (Å²) in [6.45, 7) is 2.08. The molecule has 1 aromatic carbocycles. The van der Waals surface area contributed by atoms with Crippen LogP contribution in [0.25, 0.3) is 10.9 Å². The van der Waals surface area contributed by atoms with E-state index in [1.165, 1.54) is 11.0 Å². The molecule has 0 aliphatic carbocycles. The van der Waals surface area contributed by atoms with Gasteiger partial charge in [0.15, 0.2) is 0 Å². The van der Waals surface area contributed by atoms with Gasteiger partial charge in [-0.05, 0) is 42.5 Å². The Labute approximate surface area is 188 Å². The highest BCUT2D eigenvalue weighted by molar-refractivity contribution is 5.84. The van der Waals surface area contributed by atoms with Crippen molar-refractivity contribution in [1.29, 1.82) is 0 Å². The zero-order valence-corrected chi connectivity index (χ0v) is 17.9. The number of halogens is 3. The Morgan fingerprint density at radius 2 is 2.00 bits per heavy atom. The summed E-state index contributed by atoms with van der Waals surface area (Å²) in [4.78, 5) is 27.4. The van der Waals surface area contributed by atoms with Crippen molar-refractivity contribution < 1.29 is 22.8 Å². The average Bonchev–Trinajstić information content (AvgIpc) is 3.35. The number of anilines is 1. The number of nitrogens with one attached hydrogen (secondary N) is 1. The molecule has 33 heavy (non-hydrogen) atoms. The van der Waals surface area contributed by atoms with E-state index in [1.54, 1.807) is 40.1 Å². The summed E-state index contributed by atoms with van der Waals surface area (Å²) >= 11 is 0. The van der Waals surface area contributed by atoms with Crippen LogP contribution in [-0.2, 0) is 16.1 Å². The fourth-order valence-corrected chi connectivity index (χ4v) is 4.89. The molecule has 0 unspecified atom stereocenters. The Morgan fingerprint density at radius 3 is 2.70 bits per heavy atom. The van der Waals surface area contributed by atoms with Crippen molar-refractivity contribution in [2.75, 3.05) is 31.1 Å². The predicted octanol–water partition coefficient (Wildman–Crippen LogP) is 2.99. The van der Waals surface area contributed by atoms with E-state index < -0.39 is 11.9 Å². The fourth-order valence-electron chi connectivity index (χ4n) is 4.89. The fraction of sp³-hybridized carbons (Fsp3) is 0.435. The maximum atomic E-state index is 13.4. The van der Waals surface area contributed by atoms with Crippen molar-refractivity contribution in [2.45, 2.75) is 32.0 Å². The van der Waals surface area contributed by atoms with Gasteiger partial charge in [0.1, 0.15) is 12.2 Å². The van der Waals surface area contributed by atoms with Gasteiger partial charge in [0.25, 0.3) is 0 Å². The van der Waals surface area contributed by atoms with Gasteiger partial charge in [-0.1, -0.05) is 12.2 Å². The normalized spacial score (nSPS) is 20.5. The maximum Gasteiger partial charge on any atom is 0.431 e. The van der Waals surface area contributed by atoms with E-state index in [2.05, 4.69) is 10.4 Å². The molecule has 2 amide bonds. The van der Waals surface area contributed by atoms with Gasteiger partial charge in [-0.25, -0.2) is 0 Å². The predicted molar refractivity (Wildman–Crippen MR) is 116 cm³/mol. The molecule has 2 fully saturated rings. The molecule has 1 spiro atoms. The zero-order chi connectivity index (χ0) is 23.2. The molecule has 2 saturated heterocycles. The van der Waals surface area contributed by atoms with Crippen LogP contribution in [0.4, 0.5) is 18.9 Å². The van der Waals surface area contributed by atoms with Gasteiger partial charge >= 0.3 is 6.18 Å². The first-order chi connectivity index (χ1) is 15.7. The number of fused-ring (bicyclic) bond motifs is 1. The Morgan fingerprint density at radius 1 is 1.21 bits per heavy atom. The third-order valence-corrected chi connectivity index (χ3v) is 6.78. The lowest BCUT2D eigenvalue weighted by atomic mass is 9.77. The van der Waals surface area contributed by atoms with Crippen LogP contribution in [0.5, 0.6) is 0 Å². The highest BCUT2D eigenvalue weighted by Gasteiger charge is 2.41. The van der Waals surface area contributed by atoms with Gasteiger partial charge in [0.05, 0.1) is 5.52 Å². The van der Waals surface area contributed by atoms with Crippen molar-refractivity contribution in [3.05, 3.63) is 48.3 Å². The number of piperidine rings is 1. The second-order valence-electron chi connectivity index (χ2n) is 8.99. The monoisotopic (exact) mass is 459 g/mol. The van der Waals surface area contributed by atoms with E-state index in [0.29, 0.717) is 42.6 Å². The van der Waals surface area contributed by atoms with Crippen LogP contribution in [0.15, 0.2) is 48.3 Å². The molecule has 3 aliphatic rings. The van der Waals surface area contributed by atoms with Gasteiger partial charge in [-0.15, -0.1) is 0 Å². The van der Waals surface area contributed by atoms with E-state index in [4.69, 9.17) is 0 Å².